The minimum absolute atomic E-state index is 0.0709. The molecule has 2 amide bonds. The van der Waals surface area contributed by atoms with Gasteiger partial charge in [-0.05, 0) is 36.2 Å². The van der Waals surface area contributed by atoms with Crippen molar-refractivity contribution in [1.29, 1.82) is 0 Å². The molecule has 0 saturated carbocycles. The average molecular weight is 395 g/mol. The third-order valence-electron chi connectivity index (χ3n) is 5.05. The van der Waals surface area contributed by atoms with Gasteiger partial charge in [0.05, 0.1) is 25.9 Å². The van der Waals surface area contributed by atoms with Gasteiger partial charge in [0.15, 0.2) is 5.69 Å². The van der Waals surface area contributed by atoms with Gasteiger partial charge in [-0.3, -0.25) is 14.3 Å². The monoisotopic (exact) mass is 395 g/mol. The van der Waals surface area contributed by atoms with Crippen molar-refractivity contribution >= 4 is 22.7 Å². The van der Waals surface area contributed by atoms with Crippen LogP contribution in [0.25, 0.3) is 10.9 Å². The number of benzene rings is 1. The van der Waals surface area contributed by atoms with Crippen LogP contribution in [0.5, 0.6) is 5.75 Å². The second-order valence-electron chi connectivity index (χ2n) is 7.71. The third-order valence-corrected chi connectivity index (χ3v) is 5.05. The first-order valence-electron chi connectivity index (χ1n) is 9.75. The average Bonchev–Trinajstić information content (AvgIpc) is 3.34. The molecular formula is C21H25N5O3. The predicted octanol–water partition coefficient (Wildman–Crippen LogP) is 2.41. The highest BCUT2D eigenvalue weighted by atomic mass is 16.5. The van der Waals surface area contributed by atoms with E-state index in [1.807, 2.05) is 42.8 Å². The zero-order chi connectivity index (χ0) is 20.5. The van der Waals surface area contributed by atoms with E-state index in [-0.39, 0.29) is 11.8 Å². The number of aromatic amines is 1. The van der Waals surface area contributed by atoms with Gasteiger partial charge in [0, 0.05) is 24.0 Å². The van der Waals surface area contributed by atoms with Crippen LogP contribution in [0.2, 0.25) is 0 Å². The first kappa shape index (κ1) is 19.0. The molecule has 1 aliphatic rings. The van der Waals surface area contributed by atoms with E-state index in [9.17, 15) is 9.59 Å². The fourth-order valence-electron chi connectivity index (χ4n) is 3.46. The van der Waals surface area contributed by atoms with E-state index >= 15 is 0 Å². The molecule has 0 saturated heterocycles. The highest BCUT2D eigenvalue weighted by molar-refractivity contribution is 5.98. The third kappa shape index (κ3) is 3.83. The SMILES string of the molecule is COc1ccc2[nH]c(C(=O)N3CCn4nc(C(=O)NCC(C)C)cc4C3)cc2c1. The molecule has 0 radical (unpaired) electrons. The van der Waals surface area contributed by atoms with Crippen molar-refractivity contribution in [3.05, 3.63) is 47.4 Å². The summed E-state index contributed by atoms with van der Waals surface area (Å²) in [4.78, 5) is 30.2. The maximum atomic E-state index is 13.0. The Morgan fingerprint density at radius 2 is 2.07 bits per heavy atom. The van der Waals surface area contributed by atoms with Crippen molar-refractivity contribution in [1.82, 2.24) is 25.0 Å². The number of carbonyl (C=O) groups excluding carboxylic acids is 2. The Morgan fingerprint density at radius 1 is 1.24 bits per heavy atom. The Labute approximate surface area is 168 Å². The van der Waals surface area contributed by atoms with Gasteiger partial charge in [-0.1, -0.05) is 13.8 Å². The number of amides is 2. The number of carbonyl (C=O) groups is 2. The molecule has 8 heteroatoms. The van der Waals surface area contributed by atoms with Gasteiger partial charge in [-0.2, -0.15) is 5.10 Å². The van der Waals surface area contributed by atoms with Crippen LogP contribution >= 0.6 is 0 Å². The van der Waals surface area contributed by atoms with Gasteiger partial charge in [0.2, 0.25) is 0 Å². The molecule has 0 spiro atoms. The molecular weight excluding hydrogens is 370 g/mol. The minimum Gasteiger partial charge on any atom is -0.497 e. The van der Waals surface area contributed by atoms with E-state index in [4.69, 9.17) is 4.74 Å². The summed E-state index contributed by atoms with van der Waals surface area (Å²) in [6, 6.07) is 9.27. The van der Waals surface area contributed by atoms with Crippen LogP contribution in [0.3, 0.4) is 0 Å². The van der Waals surface area contributed by atoms with Crippen molar-refractivity contribution in [2.24, 2.45) is 5.92 Å². The van der Waals surface area contributed by atoms with Gasteiger partial charge >= 0.3 is 0 Å². The molecule has 0 aliphatic carbocycles. The number of H-pyrrole nitrogens is 1. The zero-order valence-corrected chi connectivity index (χ0v) is 16.9. The number of hydrogen-bond acceptors (Lipinski definition) is 4. The lowest BCUT2D eigenvalue weighted by molar-refractivity contribution is 0.0700. The van der Waals surface area contributed by atoms with Gasteiger partial charge in [-0.25, -0.2) is 0 Å². The van der Waals surface area contributed by atoms with Crippen LogP contribution in [0.15, 0.2) is 30.3 Å². The zero-order valence-electron chi connectivity index (χ0n) is 16.9. The molecule has 0 fully saturated rings. The van der Waals surface area contributed by atoms with Crippen LogP contribution in [0, 0.1) is 5.92 Å². The standard InChI is InChI=1S/C21H25N5O3/c1-13(2)11-22-20(27)18-10-15-12-25(6-7-26(15)24-18)21(28)19-9-14-8-16(29-3)4-5-17(14)23-19/h4-5,8-10,13,23H,6-7,11-12H2,1-3H3,(H,22,27). The van der Waals surface area contributed by atoms with Crippen molar-refractivity contribution in [3.63, 3.8) is 0 Å². The molecule has 2 N–H and O–H groups in total. The Balaban J connectivity index is 1.49. The summed E-state index contributed by atoms with van der Waals surface area (Å²) in [6.45, 7) is 6.22. The minimum atomic E-state index is -0.178. The van der Waals surface area contributed by atoms with Crippen molar-refractivity contribution in [2.75, 3.05) is 20.2 Å². The van der Waals surface area contributed by atoms with Gasteiger partial charge in [0.1, 0.15) is 11.4 Å². The van der Waals surface area contributed by atoms with Gasteiger partial charge < -0.3 is 19.9 Å². The second kappa shape index (κ2) is 7.62. The number of fused-ring (bicyclic) bond motifs is 2. The maximum absolute atomic E-state index is 13.0. The molecule has 29 heavy (non-hydrogen) atoms. The van der Waals surface area contributed by atoms with Crippen LogP contribution in [-0.4, -0.2) is 51.7 Å². The molecule has 8 nitrogen and oxygen atoms in total. The van der Waals surface area contributed by atoms with Crippen LogP contribution < -0.4 is 10.1 Å². The van der Waals surface area contributed by atoms with E-state index in [1.54, 1.807) is 18.1 Å². The van der Waals surface area contributed by atoms with E-state index < -0.39 is 0 Å². The topological polar surface area (TPSA) is 92.2 Å². The van der Waals surface area contributed by atoms with E-state index in [2.05, 4.69) is 15.4 Å². The summed E-state index contributed by atoms with van der Waals surface area (Å²) < 4.78 is 7.06. The lowest BCUT2D eigenvalue weighted by Gasteiger charge is -2.27. The number of nitrogens with one attached hydrogen (secondary N) is 2. The summed E-state index contributed by atoms with van der Waals surface area (Å²) in [6.07, 6.45) is 0. The summed E-state index contributed by atoms with van der Waals surface area (Å²) in [5.74, 6) is 0.877. The van der Waals surface area contributed by atoms with Crippen LogP contribution in [-0.2, 0) is 13.1 Å². The van der Waals surface area contributed by atoms with Crippen molar-refractivity contribution in [2.45, 2.75) is 26.9 Å². The number of rotatable bonds is 5. The number of aromatic nitrogens is 3. The number of ether oxygens (including phenoxy) is 1. The molecule has 0 unspecified atom stereocenters. The van der Waals surface area contributed by atoms with Crippen LogP contribution in [0.1, 0.15) is 40.5 Å². The molecule has 0 atom stereocenters. The Morgan fingerprint density at radius 3 is 2.83 bits per heavy atom. The molecule has 0 bridgehead atoms. The molecule has 3 aromatic rings. The second-order valence-corrected chi connectivity index (χ2v) is 7.71. The first-order chi connectivity index (χ1) is 13.9. The molecule has 152 valence electrons. The van der Waals surface area contributed by atoms with Crippen molar-refractivity contribution < 1.29 is 14.3 Å². The molecule has 1 aliphatic heterocycles. The Bertz CT molecular complexity index is 1070. The molecule has 3 heterocycles. The Hall–Kier alpha value is -3.29. The smallest absolute Gasteiger partial charge is 0.271 e. The summed E-state index contributed by atoms with van der Waals surface area (Å²) in [5, 5.41) is 8.20. The summed E-state index contributed by atoms with van der Waals surface area (Å²) in [5.41, 5.74) is 2.68. The predicted molar refractivity (Wildman–Crippen MR) is 109 cm³/mol. The normalized spacial score (nSPS) is 13.6. The van der Waals surface area contributed by atoms with E-state index in [0.29, 0.717) is 43.5 Å². The fraction of sp³-hybridized carbons (Fsp3) is 0.381. The number of hydrogen-bond donors (Lipinski definition) is 2. The lowest BCUT2D eigenvalue weighted by atomic mass is 10.2. The van der Waals surface area contributed by atoms with Crippen molar-refractivity contribution in [3.8, 4) is 5.75 Å². The number of nitrogens with zero attached hydrogens (tertiary/aromatic N) is 3. The quantitative estimate of drug-likeness (QED) is 0.694. The van der Waals surface area contributed by atoms with Gasteiger partial charge in [-0.15, -0.1) is 0 Å². The number of methoxy groups -OCH3 is 1. The lowest BCUT2D eigenvalue weighted by Crippen LogP contribution is -2.38. The molecule has 4 rings (SSSR count). The largest absolute Gasteiger partial charge is 0.497 e. The van der Waals surface area contributed by atoms with Crippen LogP contribution in [0.4, 0.5) is 0 Å². The summed E-state index contributed by atoms with van der Waals surface area (Å²) in [7, 11) is 1.62. The summed E-state index contributed by atoms with van der Waals surface area (Å²) >= 11 is 0. The highest BCUT2D eigenvalue weighted by Crippen LogP contribution is 2.23. The highest BCUT2D eigenvalue weighted by Gasteiger charge is 2.25. The molecule has 2 aromatic heterocycles. The van der Waals surface area contributed by atoms with Gasteiger partial charge in [0.25, 0.3) is 11.8 Å². The first-order valence-corrected chi connectivity index (χ1v) is 9.75. The van der Waals surface area contributed by atoms with E-state index in [0.717, 1.165) is 22.3 Å². The molecule has 1 aromatic carbocycles. The maximum Gasteiger partial charge on any atom is 0.271 e. The Kier molecular flexibility index (Phi) is 5.00. The van der Waals surface area contributed by atoms with E-state index in [1.165, 1.54) is 0 Å². The fourth-order valence-corrected chi connectivity index (χ4v) is 3.46.